The van der Waals surface area contributed by atoms with Gasteiger partial charge in [0.05, 0.1) is 5.56 Å². The first-order valence-electron chi connectivity index (χ1n) is 7.81. The van der Waals surface area contributed by atoms with Gasteiger partial charge < -0.3 is 10.6 Å². The minimum absolute atomic E-state index is 0.0804. The van der Waals surface area contributed by atoms with E-state index in [2.05, 4.69) is 20.6 Å². The molecule has 1 aliphatic carbocycles. The number of rotatable bonds is 4. The Bertz CT molecular complexity index is 657. The highest BCUT2D eigenvalue weighted by molar-refractivity contribution is 5.94. The van der Waals surface area contributed by atoms with Crippen LogP contribution in [0.5, 0.6) is 0 Å². The van der Waals surface area contributed by atoms with Crippen molar-refractivity contribution in [3.63, 3.8) is 0 Å². The summed E-state index contributed by atoms with van der Waals surface area (Å²) in [4.78, 5) is 20.4. The largest absolute Gasteiger partial charge is 0.351 e. The molecule has 23 heavy (non-hydrogen) atoms. The van der Waals surface area contributed by atoms with Crippen molar-refractivity contribution in [2.75, 3.05) is 5.32 Å². The van der Waals surface area contributed by atoms with Crippen LogP contribution in [0.1, 0.15) is 36.0 Å². The number of aromatic nitrogens is 2. The standard InChI is InChI=1S/C17H19FN4O/c18-15-5-2-1-4-14(15)16(23)21-12-6-8-13(9-7-12)22-17-19-10-3-11-20-17/h1-5,10-13H,6-9H2,(H,21,23)(H,19,20,22). The van der Waals surface area contributed by atoms with Gasteiger partial charge in [-0.15, -0.1) is 0 Å². The summed E-state index contributed by atoms with van der Waals surface area (Å²) in [7, 11) is 0. The van der Waals surface area contributed by atoms with Crippen LogP contribution in [0.15, 0.2) is 42.7 Å². The lowest BCUT2D eigenvalue weighted by Crippen LogP contribution is -2.40. The van der Waals surface area contributed by atoms with Gasteiger partial charge in [0.15, 0.2) is 0 Å². The molecule has 1 fully saturated rings. The van der Waals surface area contributed by atoms with E-state index in [0.29, 0.717) is 12.0 Å². The molecule has 0 spiro atoms. The summed E-state index contributed by atoms with van der Waals surface area (Å²) in [6, 6.07) is 8.21. The maximum Gasteiger partial charge on any atom is 0.254 e. The molecule has 6 heteroatoms. The van der Waals surface area contributed by atoms with Crippen molar-refractivity contribution in [2.24, 2.45) is 0 Å². The van der Waals surface area contributed by atoms with Gasteiger partial charge in [0.2, 0.25) is 5.95 Å². The molecule has 2 aromatic rings. The lowest BCUT2D eigenvalue weighted by Gasteiger charge is -2.29. The smallest absolute Gasteiger partial charge is 0.254 e. The number of halogens is 1. The van der Waals surface area contributed by atoms with Gasteiger partial charge in [-0.3, -0.25) is 4.79 Å². The molecule has 1 aliphatic rings. The van der Waals surface area contributed by atoms with Crippen LogP contribution in [0.25, 0.3) is 0 Å². The number of hydrogen-bond acceptors (Lipinski definition) is 4. The van der Waals surface area contributed by atoms with Crippen LogP contribution < -0.4 is 10.6 Å². The Balaban J connectivity index is 1.49. The van der Waals surface area contributed by atoms with Crippen LogP contribution in [0.3, 0.4) is 0 Å². The van der Waals surface area contributed by atoms with Crippen LogP contribution >= 0.6 is 0 Å². The van der Waals surface area contributed by atoms with E-state index < -0.39 is 5.82 Å². The fraction of sp³-hybridized carbons (Fsp3) is 0.353. The van der Waals surface area contributed by atoms with Crippen LogP contribution in [-0.2, 0) is 0 Å². The Hall–Kier alpha value is -2.50. The molecule has 1 aromatic carbocycles. The number of carbonyl (C=O) groups excluding carboxylic acids is 1. The van der Waals surface area contributed by atoms with Gasteiger partial charge in [0.1, 0.15) is 5.82 Å². The minimum Gasteiger partial charge on any atom is -0.351 e. The van der Waals surface area contributed by atoms with E-state index in [0.717, 1.165) is 25.7 Å². The first-order chi connectivity index (χ1) is 11.2. The predicted molar refractivity (Wildman–Crippen MR) is 85.6 cm³/mol. The summed E-state index contributed by atoms with van der Waals surface area (Å²) >= 11 is 0. The maximum absolute atomic E-state index is 13.6. The second-order valence-corrected chi connectivity index (χ2v) is 5.72. The number of amides is 1. The summed E-state index contributed by atoms with van der Waals surface area (Å²) < 4.78 is 13.6. The molecule has 1 aromatic heterocycles. The lowest BCUT2D eigenvalue weighted by atomic mass is 9.91. The SMILES string of the molecule is O=C(NC1CCC(Nc2ncccn2)CC1)c1ccccc1F. The Morgan fingerprint density at radius 1 is 1.00 bits per heavy atom. The highest BCUT2D eigenvalue weighted by Gasteiger charge is 2.23. The first kappa shape index (κ1) is 15.4. The van der Waals surface area contributed by atoms with Crippen molar-refractivity contribution in [3.05, 3.63) is 54.1 Å². The van der Waals surface area contributed by atoms with Gasteiger partial charge in [-0.25, -0.2) is 14.4 Å². The van der Waals surface area contributed by atoms with Crippen LogP contribution in [0.2, 0.25) is 0 Å². The number of nitrogens with one attached hydrogen (secondary N) is 2. The third kappa shape index (κ3) is 4.03. The molecule has 0 atom stereocenters. The molecule has 1 saturated carbocycles. The second kappa shape index (κ2) is 7.17. The molecular weight excluding hydrogens is 295 g/mol. The fourth-order valence-electron chi connectivity index (χ4n) is 2.85. The second-order valence-electron chi connectivity index (χ2n) is 5.72. The summed E-state index contributed by atoms with van der Waals surface area (Å²) in [5, 5.41) is 6.22. The third-order valence-electron chi connectivity index (χ3n) is 4.08. The molecule has 1 heterocycles. The van der Waals surface area contributed by atoms with E-state index in [9.17, 15) is 9.18 Å². The van der Waals surface area contributed by atoms with E-state index in [1.807, 2.05) is 0 Å². The topological polar surface area (TPSA) is 66.9 Å². The number of anilines is 1. The van der Waals surface area contributed by atoms with E-state index in [4.69, 9.17) is 0 Å². The highest BCUT2D eigenvalue weighted by Crippen LogP contribution is 2.21. The van der Waals surface area contributed by atoms with Crippen LogP contribution in [-0.4, -0.2) is 28.0 Å². The Morgan fingerprint density at radius 2 is 1.65 bits per heavy atom. The number of carbonyl (C=O) groups is 1. The molecule has 1 amide bonds. The van der Waals surface area contributed by atoms with Crippen molar-refractivity contribution in [2.45, 2.75) is 37.8 Å². The summed E-state index contributed by atoms with van der Waals surface area (Å²) in [6.45, 7) is 0. The quantitative estimate of drug-likeness (QED) is 0.910. The zero-order valence-corrected chi connectivity index (χ0v) is 12.7. The lowest BCUT2D eigenvalue weighted by molar-refractivity contribution is 0.0922. The molecule has 0 aliphatic heterocycles. The van der Waals surface area contributed by atoms with Gasteiger partial charge in [-0.05, 0) is 43.9 Å². The molecular formula is C17H19FN4O. The monoisotopic (exact) mass is 314 g/mol. The zero-order chi connectivity index (χ0) is 16.1. The number of benzene rings is 1. The molecule has 0 radical (unpaired) electrons. The minimum atomic E-state index is -0.485. The number of hydrogen-bond donors (Lipinski definition) is 2. The van der Waals surface area contributed by atoms with Gasteiger partial charge >= 0.3 is 0 Å². The van der Waals surface area contributed by atoms with Crippen molar-refractivity contribution in [1.29, 1.82) is 0 Å². The fourth-order valence-corrected chi connectivity index (χ4v) is 2.85. The van der Waals surface area contributed by atoms with Gasteiger partial charge in [-0.1, -0.05) is 12.1 Å². The Morgan fingerprint density at radius 3 is 2.35 bits per heavy atom. The van der Waals surface area contributed by atoms with Crippen molar-refractivity contribution in [1.82, 2.24) is 15.3 Å². The average Bonchev–Trinajstić information content (AvgIpc) is 2.58. The normalized spacial score (nSPS) is 20.7. The van der Waals surface area contributed by atoms with E-state index in [1.54, 1.807) is 30.6 Å². The van der Waals surface area contributed by atoms with Gasteiger partial charge in [-0.2, -0.15) is 0 Å². The summed E-state index contributed by atoms with van der Waals surface area (Å²) in [5.74, 6) is -0.196. The molecule has 120 valence electrons. The summed E-state index contributed by atoms with van der Waals surface area (Å²) in [5.41, 5.74) is 0.102. The Kier molecular flexibility index (Phi) is 4.80. The van der Waals surface area contributed by atoms with Crippen LogP contribution in [0, 0.1) is 5.82 Å². The van der Waals surface area contributed by atoms with Crippen molar-refractivity contribution in [3.8, 4) is 0 Å². The predicted octanol–water partition coefficient (Wildman–Crippen LogP) is 2.77. The molecule has 0 unspecified atom stereocenters. The average molecular weight is 314 g/mol. The first-order valence-corrected chi connectivity index (χ1v) is 7.81. The number of nitrogens with zero attached hydrogens (tertiary/aromatic N) is 2. The zero-order valence-electron chi connectivity index (χ0n) is 12.7. The molecule has 3 rings (SSSR count). The molecule has 0 saturated heterocycles. The highest BCUT2D eigenvalue weighted by atomic mass is 19.1. The van der Waals surface area contributed by atoms with Gasteiger partial charge in [0, 0.05) is 24.5 Å². The van der Waals surface area contributed by atoms with Crippen LogP contribution in [0.4, 0.5) is 10.3 Å². The third-order valence-corrected chi connectivity index (χ3v) is 4.08. The van der Waals surface area contributed by atoms with E-state index >= 15 is 0 Å². The van der Waals surface area contributed by atoms with Crippen molar-refractivity contribution < 1.29 is 9.18 Å². The van der Waals surface area contributed by atoms with Gasteiger partial charge in [0.25, 0.3) is 5.91 Å². The molecule has 0 bridgehead atoms. The molecule has 5 nitrogen and oxygen atoms in total. The molecule has 2 N–H and O–H groups in total. The Labute approximate surface area is 134 Å². The van der Waals surface area contributed by atoms with E-state index in [1.165, 1.54) is 12.1 Å². The maximum atomic E-state index is 13.6. The summed E-state index contributed by atoms with van der Waals surface area (Å²) in [6.07, 6.45) is 6.95. The van der Waals surface area contributed by atoms with Crippen molar-refractivity contribution >= 4 is 11.9 Å². The van der Waals surface area contributed by atoms with E-state index in [-0.39, 0.29) is 17.5 Å².